The normalized spacial score (nSPS) is 59.9. The van der Waals surface area contributed by atoms with Crippen LogP contribution in [0.1, 0.15) is 67.2 Å². The van der Waals surface area contributed by atoms with Crippen LogP contribution in [0.15, 0.2) is 0 Å². The van der Waals surface area contributed by atoms with Crippen molar-refractivity contribution >= 4 is 0 Å². The van der Waals surface area contributed by atoms with E-state index in [0.29, 0.717) is 11.8 Å². The maximum Gasteiger partial charge on any atom is 0.164 e. The van der Waals surface area contributed by atoms with E-state index < -0.39 is 5.79 Å². The van der Waals surface area contributed by atoms with E-state index >= 15 is 0 Å². The molecule has 0 aromatic rings. The van der Waals surface area contributed by atoms with Crippen molar-refractivity contribution in [1.82, 2.24) is 0 Å². The lowest BCUT2D eigenvalue weighted by molar-refractivity contribution is -0.177. The van der Waals surface area contributed by atoms with Gasteiger partial charge in [-0.05, 0) is 69.1 Å². The highest BCUT2D eigenvalue weighted by molar-refractivity contribution is 5.30. The number of nitrogens with two attached hydrogens (primary N) is 1. The minimum Gasteiger partial charge on any atom is -0.344 e. The molecule has 4 rings (SSSR count). The Morgan fingerprint density at radius 3 is 2.38 bits per heavy atom. The Morgan fingerprint density at radius 1 is 1.05 bits per heavy atom. The van der Waals surface area contributed by atoms with Crippen LogP contribution in [0, 0.1) is 22.7 Å². The molecule has 1 aliphatic heterocycles. The highest BCUT2D eigenvalue weighted by atomic mass is 16.8. The van der Waals surface area contributed by atoms with Crippen molar-refractivity contribution in [3.05, 3.63) is 0 Å². The van der Waals surface area contributed by atoms with Gasteiger partial charge in [0.05, 0.1) is 11.7 Å². The molecular weight excluding hydrogens is 262 g/mol. The van der Waals surface area contributed by atoms with Gasteiger partial charge in [0.25, 0.3) is 0 Å². The second kappa shape index (κ2) is 3.52. The second-order valence-electron chi connectivity index (χ2n) is 9.54. The molecule has 1 spiro atoms. The van der Waals surface area contributed by atoms with Gasteiger partial charge in [-0.15, -0.1) is 0 Å². The van der Waals surface area contributed by atoms with Crippen LogP contribution < -0.4 is 5.73 Å². The van der Waals surface area contributed by atoms with Gasteiger partial charge < -0.3 is 15.2 Å². The van der Waals surface area contributed by atoms with Gasteiger partial charge in [0.15, 0.2) is 5.79 Å². The van der Waals surface area contributed by atoms with E-state index in [4.69, 9.17) is 15.2 Å². The van der Waals surface area contributed by atoms with Crippen molar-refractivity contribution in [2.45, 2.75) is 90.3 Å². The molecule has 4 fully saturated rings. The number of hydrogen-bond acceptors (Lipinski definition) is 3. The lowest BCUT2D eigenvalue weighted by atomic mass is 9.61. The molecule has 0 radical (unpaired) electrons. The van der Waals surface area contributed by atoms with Gasteiger partial charge in [0, 0.05) is 5.54 Å². The van der Waals surface area contributed by atoms with E-state index in [2.05, 4.69) is 41.5 Å². The molecule has 1 heterocycles. The van der Waals surface area contributed by atoms with Crippen LogP contribution in [-0.4, -0.2) is 23.0 Å². The lowest BCUT2D eigenvalue weighted by Crippen LogP contribution is -2.58. The zero-order valence-electron chi connectivity index (χ0n) is 14.5. The SMILES string of the molecule is C[C@H]1CC[C@@]2(N)C(C)(C)[C@H]3C[C@@]12C[C@H]1OC(C)(C)O[C@@]31C. The Kier molecular flexibility index (Phi) is 2.42. The lowest BCUT2D eigenvalue weighted by Gasteiger charge is -2.47. The minimum atomic E-state index is -0.463. The molecule has 0 aromatic carbocycles. The van der Waals surface area contributed by atoms with E-state index in [0.717, 1.165) is 12.8 Å². The van der Waals surface area contributed by atoms with E-state index in [1.807, 2.05) is 0 Å². The molecule has 21 heavy (non-hydrogen) atoms. The maximum absolute atomic E-state index is 7.13. The Morgan fingerprint density at radius 2 is 1.71 bits per heavy atom. The fraction of sp³-hybridized carbons (Fsp3) is 1.00. The standard InChI is InChI=1S/C18H31NO2/c1-11-7-8-18(19)14(2,3)12-9-17(11,18)10-13-16(12,6)21-15(4,5)20-13/h11-13H,7-10,19H2,1-6H3/t11-,12+,13+,16-,17+,18+/m0/s1. The molecule has 3 heteroatoms. The van der Waals surface area contributed by atoms with Gasteiger partial charge in [-0.2, -0.15) is 0 Å². The first-order valence-corrected chi connectivity index (χ1v) is 8.65. The monoisotopic (exact) mass is 293 g/mol. The van der Waals surface area contributed by atoms with E-state index in [1.165, 1.54) is 12.8 Å². The quantitative estimate of drug-likeness (QED) is 0.744. The first kappa shape index (κ1) is 14.5. The van der Waals surface area contributed by atoms with Gasteiger partial charge >= 0.3 is 0 Å². The molecule has 0 unspecified atom stereocenters. The summed E-state index contributed by atoms with van der Waals surface area (Å²) in [6.07, 6.45) is 4.90. The van der Waals surface area contributed by atoms with Crippen LogP contribution >= 0.6 is 0 Å². The summed E-state index contributed by atoms with van der Waals surface area (Å²) < 4.78 is 12.8. The average Bonchev–Trinajstić information content (AvgIpc) is 2.79. The molecule has 2 N–H and O–H groups in total. The van der Waals surface area contributed by atoms with Crippen LogP contribution in [0.5, 0.6) is 0 Å². The zero-order chi connectivity index (χ0) is 15.5. The number of hydrogen-bond donors (Lipinski definition) is 1. The topological polar surface area (TPSA) is 44.5 Å². The van der Waals surface area contributed by atoms with Gasteiger partial charge in [0.1, 0.15) is 0 Å². The molecule has 2 bridgehead atoms. The Balaban J connectivity index is 1.87. The Hall–Kier alpha value is -0.120. The first-order valence-electron chi connectivity index (χ1n) is 8.65. The molecule has 120 valence electrons. The summed E-state index contributed by atoms with van der Waals surface area (Å²) in [6, 6.07) is 0. The minimum absolute atomic E-state index is 0.0612. The molecule has 4 aliphatic rings. The second-order valence-corrected chi connectivity index (χ2v) is 9.54. The predicted octanol–water partition coefficient (Wildman–Crippen LogP) is 3.46. The summed E-state index contributed by atoms with van der Waals surface area (Å²) in [6.45, 7) is 13.6. The molecule has 0 aromatic heterocycles. The van der Waals surface area contributed by atoms with Crippen LogP contribution in [-0.2, 0) is 9.47 Å². The summed E-state index contributed by atoms with van der Waals surface area (Å²) in [5.74, 6) is 0.720. The van der Waals surface area contributed by atoms with Crippen LogP contribution in [0.4, 0.5) is 0 Å². The van der Waals surface area contributed by atoms with Crippen molar-refractivity contribution < 1.29 is 9.47 Å². The first-order chi connectivity index (χ1) is 9.49. The van der Waals surface area contributed by atoms with E-state index in [1.54, 1.807) is 0 Å². The van der Waals surface area contributed by atoms with Crippen LogP contribution in [0.2, 0.25) is 0 Å². The highest BCUT2D eigenvalue weighted by Gasteiger charge is 2.78. The fourth-order valence-electron chi connectivity index (χ4n) is 7.02. The third-order valence-corrected chi connectivity index (χ3v) is 8.17. The third-order valence-electron chi connectivity index (χ3n) is 8.17. The molecule has 3 aliphatic carbocycles. The Bertz CT molecular complexity index is 497. The number of ether oxygens (including phenoxy) is 2. The van der Waals surface area contributed by atoms with Crippen molar-refractivity contribution in [3.8, 4) is 0 Å². The molecule has 1 saturated heterocycles. The largest absolute Gasteiger partial charge is 0.344 e. The van der Waals surface area contributed by atoms with Crippen molar-refractivity contribution in [1.29, 1.82) is 0 Å². The summed E-state index contributed by atoms with van der Waals surface area (Å²) in [5, 5.41) is 0. The molecule has 0 amide bonds. The number of fused-ring (bicyclic) bond motifs is 3. The van der Waals surface area contributed by atoms with E-state index in [-0.39, 0.29) is 28.1 Å². The molecular formula is C18H31NO2. The summed E-state index contributed by atoms with van der Waals surface area (Å²) in [4.78, 5) is 0. The van der Waals surface area contributed by atoms with Crippen LogP contribution in [0.3, 0.4) is 0 Å². The smallest absolute Gasteiger partial charge is 0.164 e. The van der Waals surface area contributed by atoms with Crippen LogP contribution in [0.25, 0.3) is 0 Å². The summed E-state index contributed by atoms with van der Waals surface area (Å²) in [5.41, 5.74) is 7.23. The predicted molar refractivity (Wildman–Crippen MR) is 82.7 cm³/mol. The highest BCUT2D eigenvalue weighted by Crippen LogP contribution is 2.76. The maximum atomic E-state index is 7.13. The molecule has 6 atom stereocenters. The van der Waals surface area contributed by atoms with Crippen molar-refractivity contribution in [3.63, 3.8) is 0 Å². The van der Waals surface area contributed by atoms with Gasteiger partial charge in [-0.3, -0.25) is 0 Å². The van der Waals surface area contributed by atoms with Crippen molar-refractivity contribution in [2.75, 3.05) is 0 Å². The average molecular weight is 293 g/mol. The third kappa shape index (κ3) is 1.34. The van der Waals surface area contributed by atoms with Gasteiger partial charge in [-0.1, -0.05) is 20.8 Å². The Labute approximate surface area is 128 Å². The number of rotatable bonds is 0. The van der Waals surface area contributed by atoms with Gasteiger partial charge in [0.2, 0.25) is 0 Å². The molecule has 3 saturated carbocycles. The summed E-state index contributed by atoms with van der Waals surface area (Å²) in [7, 11) is 0. The van der Waals surface area contributed by atoms with Gasteiger partial charge in [-0.25, -0.2) is 0 Å². The summed E-state index contributed by atoms with van der Waals surface area (Å²) >= 11 is 0. The molecule has 3 nitrogen and oxygen atoms in total. The van der Waals surface area contributed by atoms with Crippen molar-refractivity contribution in [2.24, 2.45) is 28.4 Å². The fourth-order valence-corrected chi connectivity index (χ4v) is 7.02. The zero-order valence-corrected chi connectivity index (χ0v) is 14.5. The van der Waals surface area contributed by atoms with E-state index in [9.17, 15) is 0 Å².